The lowest BCUT2D eigenvalue weighted by atomic mass is 10.1. The Bertz CT molecular complexity index is 368. The summed E-state index contributed by atoms with van der Waals surface area (Å²) in [7, 11) is 1.83. The van der Waals surface area contributed by atoms with Crippen LogP contribution in [0, 0.1) is 11.7 Å². The summed E-state index contributed by atoms with van der Waals surface area (Å²) in [6.45, 7) is 2.46. The van der Waals surface area contributed by atoms with Crippen molar-refractivity contribution in [3.63, 3.8) is 0 Å². The van der Waals surface area contributed by atoms with Gasteiger partial charge in [-0.15, -0.1) is 0 Å². The molecule has 3 nitrogen and oxygen atoms in total. The van der Waals surface area contributed by atoms with Gasteiger partial charge in [0.25, 0.3) is 0 Å². The quantitative estimate of drug-likeness (QED) is 0.836. The molecule has 1 unspecified atom stereocenters. The standard InChI is InChI=1S/C12H16FNO2/c1-9(6-12(15)16)8-14(2)11-5-3-4-10(13)7-11/h3-5,7,9H,6,8H2,1-2H3,(H,15,16). The Morgan fingerprint density at radius 2 is 2.25 bits per heavy atom. The van der Waals surface area contributed by atoms with E-state index in [4.69, 9.17) is 5.11 Å². The van der Waals surface area contributed by atoms with Crippen molar-refractivity contribution in [3.05, 3.63) is 30.1 Å². The van der Waals surface area contributed by atoms with Gasteiger partial charge in [-0.05, 0) is 24.1 Å². The van der Waals surface area contributed by atoms with E-state index in [1.165, 1.54) is 12.1 Å². The Labute approximate surface area is 94.5 Å². The molecular formula is C12H16FNO2. The number of nitrogens with zero attached hydrogens (tertiary/aromatic N) is 1. The van der Waals surface area contributed by atoms with Gasteiger partial charge in [0, 0.05) is 25.7 Å². The maximum Gasteiger partial charge on any atom is 0.303 e. The summed E-state index contributed by atoms with van der Waals surface area (Å²) in [5.74, 6) is -1.05. The smallest absolute Gasteiger partial charge is 0.303 e. The molecule has 1 atom stereocenters. The van der Waals surface area contributed by atoms with Crippen LogP contribution in [0.5, 0.6) is 0 Å². The molecule has 0 bridgehead atoms. The van der Waals surface area contributed by atoms with Crippen molar-refractivity contribution in [3.8, 4) is 0 Å². The van der Waals surface area contributed by atoms with Crippen molar-refractivity contribution in [1.82, 2.24) is 0 Å². The zero-order chi connectivity index (χ0) is 12.1. The fourth-order valence-electron chi connectivity index (χ4n) is 1.65. The van der Waals surface area contributed by atoms with Crippen LogP contribution in [0.2, 0.25) is 0 Å². The lowest BCUT2D eigenvalue weighted by Crippen LogP contribution is -2.25. The van der Waals surface area contributed by atoms with Crippen LogP contribution in [0.4, 0.5) is 10.1 Å². The third-order valence-corrected chi connectivity index (χ3v) is 2.36. The minimum Gasteiger partial charge on any atom is -0.481 e. The summed E-state index contributed by atoms with van der Waals surface area (Å²) in [4.78, 5) is 12.4. The van der Waals surface area contributed by atoms with E-state index in [1.54, 1.807) is 12.1 Å². The summed E-state index contributed by atoms with van der Waals surface area (Å²) in [6.07, 6.45) is 0.125. The number of carbonyl (C=O) groups is 1. The summed E-state index contributed by atoms with van der Waals surface area (Å²) in [5, 5.41) is 8.63. The molecule has 0 spiro atoms. The van der Waals surface area contributed by atoms with Crippen molar-refractivity contribution in [2.24, 2.45) is 5.92 Å². The van der Waals surface area contributed by atoms with Gasteiger partial charge in [-0.25, -0.2) is 4.39 Å². The van der Waals surface area contributed by atoms with Crippen LogP contribution in [0.25, 0.3) is 0 Å². The van der Waals surface area contributed by atoms with Gasteiger partial charge in [-0.1, -0.05) is 13.0 Å². The number of benzene rings is 1. The molecule has 0 saturated heterocycles. The van der Waals surface area contributed by atoms with Crippen LogP contribution < -0.4 is 4.90 Å². The highest BCUT2D eigenvalue weighted by Crippen LogP contribution is 2.16. The summed E-state index contributed by atoms with van der Waals surface area (Å²) in [6, 6.07) is 6.27. The van der Waals surface area contributed by atoms with Crippen LogP contribution in [0.15, 0.2) is 24.3 Å². The van der Waals surface area contributed by atoms with Gasteiger partial charge in [0.1, 0.15) is 5.82 Å². The number of carboxylic acid groups (broad SMARTS) is 1. The molecule has 0 amide bonds. The van der Waals surface area contributed by atoms with Crippen LogP contribution in [0.3, 0.4) is 0 Å². The Morgan fingerprint density at radius 3 is 2.81 bits per heavy atom. The largest absolute Gasteiger partial charge is 0.481 e. The van der Waals surface area contributed by atoms with E-state index in [1.807, 2.05) is 18.9 Å². The number of carboxylic acids is 1. The second-order valence-corrected chi connectivity index (χ2v) is 4.06. The van der Waals surface area contributed by atoms with Crippen LogP contribution in [-0.4, -0.2) is 24.7 Å². The van der Waals surface area contributed by atoms with Crippen molar-refractivity contribution < 1.29 is 14.3 Å². The second-order valence-electron chi connectivity index (χ2n) is 4.06. The third-order valence-electron chi connectivity index (χ3n) is 2.36. The number of anilines is 1. The van der Waals surface area contributed by atoms with Gasteiger partial charge >= 0.3 is 5.97 Å². The van der Waals surface area contributed by atoms with Gasteiger partial charge in [0.15, 0.2) is 0 Å². The molecule has 0 aliphatic heterocycles. The van der Waals surface area contributed by atoms with E-state index in [9.17, 15) is 9.18 Å². The van der Waals surface area contributed by atoms with Crippen molar-refractivity contribution >= 4 is 11.7 Å². The summed E-state index contributed by atoms with van der Waals surface area (Å²) >= 11 is 0. The van der Waals surface area contributed by atoms with Gasteiger partial charge in [-0.3, -0.25) is 4.79 Å². The molecule has 16 heavy (non-hydrogen) atoms. The molecule has 0 radical (unpaired) electrons. The molecule has 0 fully saturated rings. The van der Waals surface area contributed by atoms with E-state index in [0.717, 1.165) is 5.69 Å². The molecule has 4 heteroatoms. The maximum absolute atomic E-state index is 13.0. The Kier molecular flexibility index (Phi) is 4.28. The lowest BCUT2D eigenvalue weighted by molar-refractivity contribution is -0.137. The normalized spacial score (nSPS) is 12.2. The first-order chi connectivity index (χ1) is 7.49. The van der Waals surface area contributed by atoms with Crippen LogP contribution in [0.1, 0.15) is 13.3 Å². The highest BCUT2D eigenvalue weighted by molar-refractivity contribution is 5.67. The monoisotopic (exact) mass is 225 g/mol. The first kappa shape index (κ1) is 12.5. The molecular weight excluding hydrogens is 209 g/mol. The summed E-state index contributed by atoms with van der Waals surface area (Å²) in [5.41, 5.74) is 0.761. The summed E-state index contributed by atoms with van der Waals surface area (Å²) < 4.78 is 13.0. The van der Waals surface area contributed by atoms with E-state index in [0.29, 0.717) is 6.54 Å². The Balaban J connectivity index is 2.58. The van der Waals surface area contributed by atoms with Crippen LogP contribution >= 0.6 is 0 Å². The zero-order valence-electron chi connectivity index (χ0n) is 9.48. The highest BCUT2D eigenvalue weighted by atomic mass is 19.1. The Morgan fingerprint density at radius 1 is 1.56 bits per heavy atom. The molecule has 1 aromatic rings. The fourth-order valence-corrected chi connectivity index (χ4v) is 1.65. The van der Waals surface area contributed by atoms with Gasteiger partial charge in [0.05, 0.1) is 0 Å². The molecule has 1 aromatic carbocycles. The van der Waals surface area contributed by atoms with E-state index in [2.05, 4.69) is 0 Å². The second kappa shape index (κ2) is 5.49. The molecule has 0 saturated carbocycles. The minimum absolute atomic E-state index is 0.0331. The third kappa shape index (κ3) is 3.88. The molecule has 0 aliphatic rings. The number of halogens is 1. The average Bonchev–Trinajstić information content (AvgIpc) is 2.16. The van der Waals surface area contributed by atoms with E-state index >= 15 is 0 Å². The molecule has 0 aromatic heterocycles. The molecule has 0 heterocycles. The average molecular weight is 225 g/mol. The van der Waals surface area contributed by atoms with E-state index in [-0.39, 0.29) is 18.2 Å². The fraction of sp³-hybridized carbons (Fsp3) is 0.417. The van der Waals surface area contributed by atoms with Gasteiger partial charge in [0.2, 0.25) is 0 Å². The number of rotatable bonds is 5. The predicted octanol–water partition coefficient (Wildman–Crippen LogP) is 2.37. The maximum atomic E-state index is 13.0. The van der Waals surface area contributed by atoms with Gasteiger partial charge < -0.3 is 10.0 Å². The number of hydrogen-bond acceptors (Lipinski definition) is 2. The Hall–Kier alpha value is -1.58. The van der Waals surface area contributed by atoms with Crippen molar-refractivity contribution in [2.75, 3.05) is 18.5 Å². The first-order valence-corrected chi connectivity index (χ1v) is 5.17. The highest BCUT2D eigenvalue weighted by Gasteiger charge is 2.11. The van der Waals surface area contributed by atoms with Crippen LogP contribution in [-0.2, 0) is 4.79 Å². The van der Waals surface area contributed by atoms with Crippen molar-refractivity contribution in [1.29, 1.82) is 0 Å². The van der Waals surface area contributed by atoms with E-state index < -0.39 is 5.97 Å². The number of hydrogen-bond donors (Lipinski definition) is 1. The predicted molar refractivity (Wildman–Crippen MR) is 61.1 cm³/mol. The SMILES string of the molecule is CC(CC(=O)O)CN(C)c1cccc(F)c1. The molecule has 0 aliphatic carbocycles. The first-order valence-electron chi connectivity index (χ1n) is 5.17. The molecule has 88 valence electrons. The topological polar surface area (TPSA) is 40.5 Å². The number of aliphatic carboxylic acids is 1. The zero-order valence-corrected chi connectivity index (χ0v) is 9.48. The van der Waals surface area contributed by atoms with Crippen molar-refractivity contribution in [2.45, 2.75) is 13.3 Å². The van der Waals surface area contributed by atoms with Gasteiger partial charge in [-0.2, -0.15) is 0 Å². The minimum atomic E-state index is -0.805. The molecule has 1 N–H and O–H groups in total. The molecule has 1 rings (SSSR count). The lowest BCUT2D eigenvalue weighted by Gasteiger charge is -2.22.